The topological polar surface area (TPSA) is 94.8 Å². The number of carbonyl (C=O) groups is 1. The Balaban J connectivity index is 1.57. The van der Waals surface area contributed by atoms with E-state index in [0.29, 0.717) is 31.9 Å². The molecule has 1 unspecified atom stereocenters. The summed E-state index contributed by atoms with van der Waals surface area (Å²) in [4.78, 5) is 42.4. The number of aromatic hydroxyl groups is 1. The van der Waals surface area contributed by atoms with E-state index in [4.69, 9.17) is 9.97 Å². The van der Waals surface area contributed by atoms with Crippen molar-refractivity contribution in [2.24, 2.45) is 0 Å². The van der Waals surface area contributed by atoms with E-state index < -0.39 is 0 Å². The Labute approximate surface area is 258 Å². The summed E-state index contributed by atoms with van der Waals surface area (Å²) in [6.45, 7) is 13.5. The first-order valence-electron chi connectivity index (χ1n) is 15.3. The molecule has 2 aliphatic rings. The van der Waals surface area contributed by atoms with Crippen molar-refractivity contribution in [2.45, 2.75) is 58.5 Å². The van der Waals surface area contributed by atoms with Crippen LogP contribution in [0.5, 0.6) is 5.75 Å². The van der Waals surface area contributed by atoms with Crippen LogP contribution in [0.4, 0.5) is 11.6 Å². The molecule has 2 aromatic heterocycles. The van der Waals surface area contributed by atoms with Crippen LogP contribution in [0.2, 0.25) is 0 Å². The fourth-order valence-corrected chi connectivity index (χ4v) is 7.04. The van der Waals surface area contributed by atoms with Gasteiger partial charge in [-0.05, 0) is 78.8 Å². The second kappa shape index (κ2) is 11.4. The van der Waals surface area contributed by atoms with Gasteiger partial charge < -0.3 is 19.8 Å². The van der Waals surface area contributed by atoms with Gasteiger partial charge >= 0.3 is 5.69 Å². The highest BCUT2D eigenvalue weighted by atomic mass is 16.3. The molecule has 9 nitrogen and oxygen atoms in total. The molecule has 4 heterocycles. The van der Waals surface area contributed by atoms with E-state index in [1.165, 1.54) is 6.08 Å². The van der Waals surface area contributed by atoms with Crippen LogP contribution in [0, 0.1) is 6.92 Å². The molecule has 1 amide bonds. The van der Waals surface area contributed by atoms with Crippen molar-refractivity contribution in [1.29, 1.82) is 0 Å². The molecule has 2 aliphatic heterocycles. The van der Waals surface area contributed by atoms with E-state index >= 15 is 0 Å². The van der Waals surface area contributed by atoms with Crippen molar-refractivity contribution >= 4 is 28.3 Å². The lowest BCUT2D eigenvalue weighted by Gasteiger charge is -2.44. The molecule has 1 fully saturated rings. The number of amides is 1. The molecule has 6 rings (SSSR count). The minimum atomic E-state index is -0.359. The Bertz CT molecular complexity index is 1830. The van der Waals surface area contributed by atoms with Crippen LogP contribution < -0.4 is 15.5 Å². The van der Waals surface area contributed by atoms with Gasteiger partial charge in [0.2, 0.25) is 5.91 Å². The zero-order chi connectivity index (χ0) is 31.3. The van der Waals surface area contributed by atoms with Gasteiger partial charge in [0, 0.05) is 44.5 Å². The Morgan fingerprint density at radius 1 is 1.16 bits per heavy atom. The Hall–Kier alpha value is -4.66. The van der Waals surface area contributed by atoms with Crippen LogP contribution in [-0.2, 0) is 11.2 Å². The van der Waals surface area contributed by atoms with Crippen molar-refractivity contribution in [1.82, 2.24) is 19.4 Å². The van der Waals surface area contributed by atoms with E-state index in [9.17, 15) is 14.7 Å². The van der Waals surface area contributed by atoms with E-state index in [1.807, 2.05) is 44.3 Å². The highest BCUT2D eigenvalue weighted by molar-refractivity contribution is 5.88. The van der Waals surface area contributed by atoms with E-state index in [0.717, 1.165) is 51.1 Å². The number of piperazine rings is 1. The molecular weight excluding hydrogens is 552 g/mol. The number of aryl methyl sites for hydroxylation is 1. The monoisotopic (exact) mass is 592 g/mol. The number of benzene rings is 2. The predicted molar refractivity (Wildman–Crippen MR) is 175 cm³/mol. The van der Waals surface area contributed by atoms with Crippen molar-refractivity contribution in [2.75, 3.05) is 36.5 Å². The summed E-state index contributed by atoms with van der Waals surface area (Å²) < 4.78 is 1.76. The minimum Gasteiger partial charge on any atom is -0.508 e. The number of hydrogen-bond acceptors (Lipinski definition) is 7. The molecule has 2 atom stereocenters. The maximum absolute atomic E-state index is 14.3. The Morgan fingerprint density at radius 3 is 2.66 bits per heavy atom. The van der Waals surface area contributed by atoms with Crippen LogP contribution in [0.1, 0.15) is 61.5 Å². The minimum absolute atomic E-state index is 0.0381. The second-order valence-electron chi connectivity index (χ2n) is 12.3. The van der Waals surface area contributed by atoms with Crippen molar-refractivity contribution in [3.05, 3.63) is 94.2 Å². The molecule has 4 aromatic rings. The zero-order valence-corrected chi connectivity index (χ0v) is 26.1. The van der Waals surface area contributed by atoms with Gasteiger partial charge in [0.1, 0.15) is 17.4 Å². The average Bonchev–Trinajstić information content (AvgIpc) is 3.00. The second-order valence-corrected chi connectivity index (χ2v) is 12.3. The summed E-state index contributed by atoms with van der Waals surface area (Å²) in [7, 11) is 2.03. The molecular formula is C35H40N6O3. The van der Waals surface area contributed by atoms with Crippen molar-refractivity contribution < 1.29 is 9.90 Å². The van der Waals surface area contributed by atoms with Gasteiger partial charge in [0.25, 0.3) is 0 Å². The number of phenols is 1. The highest BCUT2D eigenvalue weighted by Gasteiger charge is 2.37. The predicted octanol–water partition coefficient (Wildman–Crippen LogP) is 5.26. The lowest BCUT2D eigenvalue weighted by atomic mass is 9.89. The number of phenolic OH excluding ortho intramolecular Hbond substituents is 1. The Morgan fingerprint density at radius 2 is 1.93 bits per heavy atom. The third kappa shape index (κ3) is 4.90. The third-order valence-corrected chi connectivity index (χ3v) is 9.16. The van der Waals surface area contributed by atoms with E-state index in [1.54, 1.807) is 21.7 Å². The lowest BCUT2D eigenvalue weighted by molar-refractivity contribution is -0.126. The first kappa shape index (κ1) is 29.4. The summed E-state index contributed by atoms with van der Waals surface area (Å²) in [6.07, 6.45) is 4.61. The molecule has 9 heteroatoms. The summed E-state index contributed by atoms with van der Waals surface area (Å²) >= 11 is 0. The number of pyridine rings is 1. The number of hydrogen-bond donors (Lipinski definition) is 1. The molecule has 1 N–H and O–H groups in total. The standard InChI is InChI=1S/C35H40N6O3/c1-7-30(43)39-16-17-40(23(5)20-39)33-27-12-13-29(28-19-25(42)18-24-10-8-9-11-26(24)28)38(6)34(27)41(35(44)37-33)32-22(4)14-15-36-31(32)21(2)3/h7-11,14-15,18-19,21,23,29,42H,1,12-13,16-17,20H2,2-6H3/t23-,29?/m0/s1. The van der Waals surface area contributed by atoms with E-state index in [2.05, 4.69) is 43.2 Å². The summed E-state index contributed by atoms with van der Waals surface area (Å²) in [5.74, 6) is 1.69. The van der Waals surface area contributed by atoms with E-state index in [-0.39, 0.29) is 35.3 Å². The van der Waals surface area contributed by atoms with Gasteiger partial charge in [0.05, 0.1) is 17.4 Å². The number of fused-ring (bicyclic) bond motifs is 2. The number of nitrogens with zero attached hydrogens (tertiary/aromatic N) is 6. The smallest absolute Gasteiger partial charge is 0.355 e. The van der Waals surface area contributed by atoms with Crippen LogP contribution in [0.3, 0.4) is 0 Å². The normalized spacial score (nSPS) is 18.5. The Kier molecular flexibility index (Phi) is 7.65. The fraction of sp³-hybridized carbons (Fsp3) is 0.371. The maximum Gasteiger partial charge on any atom is 0.355 e. The molecule has 0 aliphatic carbocycles. The highest BCUT2D eigenvalue weighted by Crippen LogP contribution is 2.44. The van der Waals surface area contributed by atoms with Crippen molar-refractivity contribution in [3.63, 3.8) is 0 Å². The SMILES string of the molecule is C=CC(=O)N1CCN(c2nc(=O)n(-c3c(C)ccnc3C(C)C)c3c2CCC(c2cc(O)cc4ccccc24)N3C)[C@@H](C)C1. The fourth-order valence-electron chi connectivity index (χ4n) is 7.04. The zero-order valence-electron chi connectivity index (χ0n) is 26.1. The lowest BCUT2D eigenvalue weighted by Crippen LogP contribution is -2.54. The number of carbonyl (C=O) groups excluding carboxylic acids is 1. The first-order chi connectivity index (χ1) is 21.1. The maximum atomic E-state index is 14.3. The largest absolute Gasteiger partial charge is 0.508 e. The van der Waals surface area contributed by atoms with Crippen LogP contribution in [0.25, 0.3) is 16.5 Å². The summed E-state index contributed by atoms with van der Waals surface area (Å²) in [5, 5.41) is 12.8. The number of aromatic nitrogens is 3. The summed E-state index contributed by atoms with van der Waals surface area (Å²) in [5.41, 5.74) is 4.22. The van der Waals surface area contributed by atoms with Gasteiger partial charge in [-0.2, -0.15) is 4.98 Å². The van der Waals surface area contributed by atoms with Gasteiger partial charge in [-0.3, -0.25) is 9.78 Å². The van der Waals surface area contributed by atoms with Gasteiger partial charge in [-0.15, -0.1) is 0 Å². The van der Waals surface area contributed by atoms with Gasteiger partial charge in [0.15, 0.2) is 0 Å². The third-order valence-electron chi connectivity index (χ3n) is 9.16. The summed E-state index contributed by atoms with van der Waals surface area (Å²) in [6, 6.07) is 13.5. The molecule has 0 spiro atoms. The first-order valence-corrected chi connectivity index (χ1v) is 15.3. The molecule has 44 heavy (non-hydrogen) atoms. The van der Waals surface area contributed by atoms with Crippen LogP contribution in [0.15, 0.2) is 66.1 Å². The van der Waals surface area contributed by atoms with Crippen LogP contribution >= 0.6 is 0 Å². The molecule has 2 aromatic carbocycles. The van der Waals surface area contributed by atoms with Gasteiger partial charge in [-0.1, -0.05) is 44.7 Å². The molecule has 228 valence electrons. The molecule has 0 saturated carbocycles. The number of rotatable bonds is 5. The molecule has 0 bridgehead atoms. The van der Waals surface area contributed by atoms with Crippen LogP contribution in [-0.4, -0.2) is 63.2 Å². The molecule has 1 saturated heterocycles. The average molecular weight is 593 g/mol. The van der Waals surface area contributed by atoms with Gasteiger partial charge in [-0.25, -0.2) is 9.36 Å². The number of anilines is 2. The van der Waals surface area contributed by atoms with Crippen molar-refractivity contribution in [3.8, 4) is 11.4 Å². The quantitative estimate of drug-likeness (QED) is 0.316. The molecule has 0 radical (unpaired) electrons.